The largest absolute Gasteiger partial charge is 0.467 e. The minimum Gasteiger partial charge on any atom is -0.467 e. The summed E-state index contributed by atoms with van der Waals surface area (Å²) < 4.78 is 9.73. The van der Waals surface area contributed by atoms with Gasteiger partial charge in [0.15, 0.2) is 0 Å². The van der Waals surface area contributed by atoms with Gasteiger partial charge < -0.3 is 14.8 Å². The fourth-order valence-corrected chi connectivity index (χ4v) is 1.44. The lowest BCUT2D eigenvalue weighted by Crippen LogP contribution is -2.55. The molecule has 0 aromatic rings. The van der Waals surface area contributed by atoms with Gasteiger partial charge in [0.2, 0.25) is 6.41 Å². The molecule has 1 rings (SSSR count). The van der Waals surface area contributed by atoms with Crippen LogP contribution in [0.1, 0.15) is 12.8 Å². The van der Waals surface area contributed by atoms with Crippen LogP contribution in [0.5, 0.6) is 0 Å². The molecular weight excluding hydrogens is 174 g/mol. The fourth-order valence-electron chi connectivity index (χ4n) is 1.44. The second-order valence-electron chi connectivity index (χ2n) is 2.95. The van der Waals surface area contributed by atoms with E-state index < -0.39 is 11.5 Å². The Bertz CT molecular complexity index is 198. The Morgan fingerprint density at radius 3 is 2.62 bits per heavy atom. The van der Waals surface area contributed by atoms with Crippen molar-refractivity contribution in [3.8, 4) is 0 Å². The van der Waals surface area contributed by atoms with Crippen molar-refractivity contribution in [1.82, 2.24) is 5.32 Å². The molecule has 0 saturated carbocycles. The topological polar surface area (TPSA) is 64.6 Å². The van der Waals surface area contributed by atoms with Crippen LogP contribution in [-0.4, -0.2) is 38.2 Å². The van der Waals surface area contributed by atoms with Gasteiger partial charge in [-0.05, 0) is 0 Å². The van der Waals surface area contributed by atoms with Crippen LogP contribution in [0.25, 0.3) is 0 Å². The van der Waals surface area contributed by atoms with Crippen molar-refractivity contribution in [2.45, 2.75) is 18.4 Å². The number of hydrogen-bond acceptors (Lipinski definition) is 4. The molecule has 5 nitrogen and oxygen atoms in total. The quantitative estimate of drug-likeness (QED) is 0.476. The summed E-state index contributed by atoms with van der Waals surface area (Å²) in [5.74, 6) is -0.400. The molecule has 1 aliphatic heterocycles. The molecule has 0 aromatic carbocycles. The van der Waals surface area contributed by atoms with E-state index in [1.807, 2.05) is 0 Å². The van der Waals surface area contributed by atoms with Crippen LogP contribution in [-0.2, 0) is 19.1 Å². The van der Waals surface area contributed by atoms with Gasteiger partial charge in [-0.3, -0.25) is 4.79 Å². The predicted octanol–water partition coefficient (Wildman–Crippen LogP) is -0.545. The number of methoxy groups -OCH3 is 1. The van der Waals surface area contributed by atoms with E-state index >= 15 is 0 Å². The third-order valence-corrected chi connectivity index (χ3v) is 2.26. The zero-order valence-corrected chi connectivity index (χ0v) is 7.54. The smallest absolute Gasteiger partial charge is 0.331 e. The van der Waals surface area contributed by atoms with E-state index in [1.54, 1.807) is 0 Å². The third-order valence-electron chi connectivity index (χ3n) is 2.26. The zero-order valence-electron chi connectivity index (χ0n) is 7.54. The molecule has 0 spiro atoms. The van der Waals surface area contributed by atoms with Gasteiger partial charge in [0.05, 0.1) is 7.11 Å². The first kappa shape index (κ1) is 9.98. The molecule has 1 N–H and O–H groups in total. The highest BCUT2D eigenvalue weighted by Crippen LogP contribution is 2.21. The van der Waals surface area contributed by atoms with Crippen molar-refractivity contribution >= 4 is 12.4 Å². The van der Waals surface area contributed by atoms with Gasteiger partial charge in [-0.2, -0.15) is 0 Å². The second kappa shape index (κ2) is 4.23. The van der Waals surface area contributed by atoms with Gasteiger partial charge in [-0.25, -0.2) is 4.79 Å². The highest BCUT2D eigenvalue weighted by atomic mass is 16.5. The Morgan fingerprint density at radius 2 is 2.15 bits per heavy atom. The maximum atomic E-state index is 11.4. The SMILES string of the molecule is COC(=O)C1(NC=O)CCOCC1. The molecule has 13 heavy (non-hydrogen) atoms. The molecule has 0 atom stereocenters. The monoisotopic (exact) mass is 187 g/mol. The minimum atomic E-state index is -0.866. The number of nitrogens with one attached hydrogen (secondary N) is 1. The molecule has 0 aliphatic carbocycles. The average molecular weight is 187 g/mol. The summed E-state index contributed by atoms with van der Waals surface area (Å²) in [6.45, 7) is 0.936. The van der Waals surface area contributed by atoms with E-state index in [0.717, 1.165) is 0 Å². The van der Waals surface area contributed by atoms with Gasteiger partial charge in [-0.15, -0.1) is 0 Å². The molecule has 74 valence electrons. The van der Waals surface area contributed by atoms with E-state index in [-0.39, 0.29) is 0 Å². The van der Waals surface area contributed by atoms with Crippen LogP contribution >= 0.6 is 0 Å². The first-order valence-electron chi connectivity index (χ1n) is 4.13. The van der Waals surface area contributed by atoms with Crippen LogP contribution in [0.15, 0.2) is 0 Å². The average Bonchev–Trinajstić information content (AvgIpc) is 2.18. The van der Waals surface area contributed by atoms with E-state index in [2.05, 4.69) is 10.1 Å². The summed E-state index contributed by atoms with van der Waals surface area (Å²) in [5.41, 5.74) is -0.866. The van der Waals surface area contributed by atoms with Crippen molar-refractivity contribution < 1.29 is 19.1 Å². The maximum Gasteiger partial charge on any atom is 0.331 e. The van der Waals surface area contributed by atoms with Crippen molar-refractivity contribution in [3.05, 3.63) is 0 Å². The number of hydrogen-bond donors (Lipinski definition) is 1. The first-order valence-corrected chi connectivity index (χ1v) is 4.13. The van der Waals surface area contributed by atoms with Crippen LogP contribution in [0.2, 0.25) is 0 Å². The normalized spacial score (nSPS) is 20.4. The third kappa shape index (κ3) is 1.98. The molecule has 1 saturated heterocycles. The number of amides is 1. The number of ether oxygens (including phenoxy) is 2. The molecule has 0 aromatic heterocycles. The lowest BCUT2D eigenvalue weighted by Gasteiger charge is -2.33. The number of rotatable bonds is 3. The summed E-state index contributed by atoms with van der Waals surface area (Å²) in [6.07, 6.45) is 1.47. The zero-order chi connectivity index (χ0) is 9.73. The van der Waals surface area contributed by atoms with Gasteiger partial charge in [0.1, 0.15) is 5.54 Å². The van der Waals surface area contributed by atoms with E-state index in [4.69, 9.17) is 4.74 Å². The molecule has 0 bridgehead atoms. The van der Waals surface area contributed by atoms with Crippen molar-refractivity contribution in [2.24, 2.45) is 0 Å². The fraction of sp³-hybridized carbons (Fsp3) is 0.750. The summed E-state index contributed by atoms with van der Waals surface area (Å²) >= 11 is 0. The summed E-state index contributed by atoms with van der Waals surface area (Å²) in [6, 6.07) is 0. The van der Waals surface area contributed by atoms with E-state index in [9.17, 15) is 9.59 Å². The standard InChI is InChI=1S/C8H13NO4/c1-12-7(11)8(9-6-10)2-4-13-5-3-8/h6H,2-5H2,1H3,(H,9,10). The molecule has 0 unspecified atom stereocenters. The van der Waals surface area contributed by atoms with Crippen molar-refractivity contribution in [1.29, 1.82) is 0 Å². The highest BCUT2D eigenvalue weighted by molar-refractivity contribution is 5.83. The Labute approximate surface area is 76.4 Å². The lowest BCUT2D eigenvalue weighted by molar-refractivity contribution is -0.154. The van der Waals surface area contributed by atoms with Crippen LogP contribution in [0.3, 0.4) is 0 Å². The number of carbonyl (C=O) groups excluding carboxylic acids is 2. The van der Waals surface area contributed by atoms with E-state index in [0.29, 0.717) is 32.5 Å². The predicted molar refractivity (Wildman–Crippen MR) is 44.0 cm³/mol. The minimum absolute atomic E-state index is 0.400. The molecule has 5 heteroatoms. The van der Waals surface area contributed by atoms with Crippen molar-refractivity contribution in [2.75, 3.05) is 20.3 Å². The van der Waals surface area contributed by atoms with Crippen LogP contribution in [0.4, 0.5) is 0 Å². The van der Waals surface area contributed by atoms with Crippen molar-refractivity contribution in [3.63, 3.8) is 0 Å². The second-order valence-corrected chi connectivity index (χ2v) is 2.95. The Balaban J connectivity index is 2.71. The Morgan fingerprint density at radius 1 is 1.54 bits per heavy atom. The highest BCUT2D eigenvalue weighted by Gasteiger charge is 2.40. The first-order chi connectivity index (χ1) is 6.25. The van der Waals surface area contributed by atoms with Gasteiger partial charge >= 0.3 is 5.97 Å². The Kier molecular flexibility index (Phi) is 3.25. The van der Waals surface area contributed by atoms with Crippen LogP contribution in [0, 0.1) is 0 Å². The molecule has 1 fully saturated rings. The summed E-state index contributed by atoms with van der Waals surface area (Å²) in [4.78, 5) is 21.7. The summed E-state index contributed by atoms with van der Waals surface area (Å²) in [5, 5.41) is 2.51. The van der Waals surface area contributed by atoms with Crippen LogP contribution < -0.4 is 5.32 Å². The van der Waals surface area contributed by atoms with Gasteiger partial charge in [-0.1, -0.05) is 0 Å². The lowest BCUT2D eigenvalue weighted by atomic mass is 9.90. The maximum absolute atomic E-state index is 11.4. The molecule has 1 amide bonds. The van der Waals surface area contributed by atoms with E-state index in [1.165, 1.54) is 7.11 Å². The summed E-state index contributed by atoms with van der Waals surface area (Å²) in [7, 11) is 1.31. The van der Waals surface area contributed by atoms with Gasteiger partial charge in [0.25, 0.3) is 0 Å². The Hall–Kier alpha value is -1.10. The molecule has 0 radical (unpaired) electrons. The molecular formula is C8H13NO4. The van der Waals surface area contributed by atoms with Gasteiger partial charge in [0, 0.05) is 26.1 Å². The number of esters is 1. The molecule has 1 aliphatic rings. The molecule has 1 heterocycles. The number of carbonyl (C=O) groups is 2.